The molecule has 8 nitrogen and oxygen atoms in total. The molecule has 11 heteroatoms. The zero-order valence-electron chi connectivity index (χ0n) is 19.3. The van der Waals surface area contributed by atoms with E-state index in [1.807, 2.05) is 42.6 Å². The fourth-order valence-electron chi connectivity index (χ4n) is 3.86. The third-order valence-corrected chi connectivity index (χ3v) is 8.17. The van der Waals surface area contributed by atoms with Gasteiger partial charge in [-0.1, -0.05) is 55.3 Å². The van der Waals surface area contributed by atoms with Gasteiger partial charge in [0.2, 0.25) is 15.9 Å². The third kappa shape index (κ3) is 6.99. The molecule has 2 aromatic carbocycles. The van der Waals surface area contributed by atoms with E-state index in [-0.39, 0.29) is 11.3 Å². The van der Waals surface area contributed by atoms with Crippen LogP contribution in [0.3, 0.4) is 0 Å². The van der Waals surface area contributed by atoms with Crippen LogP contribution in [-0.2, 0) is 21.2 Å². The number of benzene rings is 2. The summed E-state index contributed by atoms with van der Waals surface area (Å²) < 4.78 is 29.2. The van der Waals surface area contributed by atoms with Gasteiger partial charge in [-0.15, -0.1) is 11.3 Å². The highest BCUT2D eigenvalue weighted by Crippen LogP contribution is 2.33. The number of sulfonamides is 1. The number of amides is 1. The van der Waals surface area contributed by atoms with Gasteiger partial charge in [-0.2, -0.15) is 4.72 Å². The first-order valence-corrected chi connectivity index (χ1v) is 13.8. The topological polar surface area (TPSA) is 129 Å². The average Bonchev–Trinajstić information content (AvgIpc) is 3.55. The molecule has 1 aliphatic carbocycles. The van der Waals surface area contributed by atoms with E-state index in [1.165, 1.54) is 23.5 Å². The smallest absolute Gasteiger partial charge is 0.426 e. The Kier molecular flexibility index (Phi) is 8.03. The number of hydrogen-bond donors (Lipinski definition) is 4. The van der Waals surface area contributed by atoms with Crippen LogP contribution in [0.5, 0.6) is 0 Å². The summed E-state index contributed by atoms with van der Waals surface area (Å²) in [6, 6.07) is 14.3. The molecule has 1 aromatic heterocycles. The van der Waals surface area contributed by atoms with Crippen molar-refractivity contribution in [3.63, 3.8) is 0 Å². The second-order valence-electron chi connectivity index (χ2n) is 8.85. The van der Waals surface area contributed by atoms with Crippen LogP contribution < -0.4 is 10.0 Å². The maximum absolute atomic E-state index is 13.3. The summed E-state index contributed by atoms with van der Waals surface area (Å²) in [5, 5.41) is 24.9. The lowest BCUT2D eigenvalue weighted by atomic mass is 9.76. The van der Waals surface area contributed by atoms with E-state index in [1.54, 1.807) is 12.1 Å². The van der Waals surface area contributed by atoms with E-state index in [0.29, 0.717) is 23.6 Å². The summed E-state index contributed by atoms with van der Waals surface area (Å²) in [6.07, 6.45) is 2.50. The molecule has 1 unspecified atom stereocenters. The first-order valence-electron chi connectivity index (χ1n) is 11.5. The molecule has 4 N–H and O–H groups in total. The van der Waals surface area contributed by atoms with Crippen LogP contribution in [0.15, 0.2) is 64.9 Å². The van der Waals surface area contributed by atoms with Gasteiger partial charge in [0, 0.05) is 10.9 Å². The number of thiazole rings is 1. The number of carbonyl (C=O) groups excluding carboxylic acids is 1. The fourth-order valence-corrected chi connectivity index (χ4v) is 5.73. The molecule has 1 fully saturated rings. The van der Waals surface area contributed by atoms with Crippen LogP contribution >= 0.6 is 11.3 Å². The molecule has 0 radical (unpaired) electrons. The standard InChI is InChI=1S/C24H28BN3O5S2/c1-16-26-22(15-34-16)19-8-5-9-20(14-19)35(32,33)28-21(12-17-6-3-2-4-7-17)24(29)27-23(25(30)31)13-18-10-11-18/h2-9,14-15,18,21,23,28,30-31H,10-13H2,1H3,(H,27,29)/t21?,23-/m0/s1. The first-order chi connectivity index (χ1) is 16.7. The number of aryl methyl sites for hydroxylation is 1. The lowest BCUT2D eigenvalue weighted by Gasteiger charge is -2.23. The Bertz CT molecular complexity index is 1260. The van der Waals surface area contributed by atoms with E-state index in [4.69, 9.17) is 0 Å². The van der Waals surface area contributed by atoms with Crippen molar-refractivity contribution in [3.8, 4) is 11.3 Å². The molecule has 4 rings (SSSR count). The largest absolute Gasteiger partial charge is 0.475 e. The molecular formula is C24H28BN3O5S2. The van der Waals surface area contributed by atoms with Crippen molar-refractivity contribution in [1.82, 2.24) is 15.0 Å². The van der Waals surface area contributed by atoms with Crippen molar-refractivity contribution in [3.05, 3.63) is 70.5 Å². The number of nitrogens with one attached hydrogen (secondary N) is 2. The number of aromatic nitrogens is 1. The van der Waals surface area contributed by atoms with E-state index in [9.17, 15) is 23.3 Å². The summed E-state index contributed by atoms with van der Waals surface area (Å²) >= 11 is 1.47. The molecule has 1 aliphatic rings. The molecule has 35 heavy (non-hydrogen) atoms. The Morgan fingerprint density at radius 1 is 1.17 bits per heavy atom. The molecule has 2 atom stereocenters. The van der Waals surface area contributed by atoms with Crippen molar-refractivity contribution in [2.45, 2.75) is 49.5 Å². The van der Waals surface area contributed by atoms with Gasteiger partial charge in [-0.3, -0.25) is 4.79 Å². The van der Waals surface area contributed by atoms with Gasteiger partial charge < -0.3 is 15.4 Å². The number of rotatable bonds is 11. The SMILES string of the molecule is Cc1nc(-c2cccc(S(=O)(=O)NC(Cc3ccccc3)C(=O)N[C@@H](CC3CC3)B(O)O)c2)cs1. The minimum atomic E-state index is -4.08. The highest BCUT2D eigenvalue weighted by molar-refractivity contribution is 7.89. The quantitative estimate of drug-likeness (QED) is 0.292. The van der Waals surface area contributed by atoms with E-state index in [2.05, 4.69) is 15.0 Å². The van der Waals surface area contributed by atoms with Crippen LogP contribution in [0.4, 0.5) is 0 Å². The van der Waals surface area contributed by atoms with Crippen LogP contribution in [0.1, 0.15) is 29.8 Å². The van der Waals surface area contributed by atoms with Crippen molar-refractivity contribution in [2.24, 2.45) is 5.92 Å². The molecule has 1 heterocycles. The fraction of sp³-hybridized carbons (Fsp3) is 0.333. The summed E-state index contributed by atoms with van der Waals surface area (Å²) in [5.41, 5.74) is 2.11. The zero-order chi connectivity index (χ0) is 25.0. The van der Waals surface area contributed by atoms with Crippen molar-refractivity contribution >= 4 is 34.4 Å². The Labute approximate surface area is 209 Å². The molecule has 0 aliphatic heterocycles. The normalized spacial score (nSPS) is 15.4. The first kappa shape index (κ1) is 25.5. The number of hydrogen-bond acceptors (Lipinski definition) is 7. The van der Waals surface area contributed by atoms with Gasteiger partial charge in [0.15, 0.2) is 0 Å². The molecule has 1 saturated carbocycles. The minimum absolute atomic E-state index is 0.0169. The molecule has 0 bridgehead atoms. The maximum atomic E-state index is 13.3. The second kappa shape index (κ2) is 11.0. The van der Waals surface area contributed by atoms with Gasteiger partial charge in [0.1, 0.15) is 6.04 Å². The van der Waals surface area contributed by atoms with Gasteiger partial charge in [-0.05, 0) is 43.4 Å². The van der Waals surface area contributed by atoms with Gasteiger partial charge in [0.25, 0.3) is 0 Å². The van der Waals surface area contributed by atoms with Crippen LogP contribution in [0.25, 0.3) is 11.3 Å². The van der Waals surface area contributed by atoms with Crippen LogP contribution in [0, 0.1) is 12.8 Å². The van der Waals surface area contributed by atoms with Gasteiger partial charge in [0.05, 0.1) is 21.5 Å². The van der Waals surface area contributed by atoms with Crippen LogP contribution in [0.2, 0.25) is 0 Å². The highest BCUT2D eigenvalue weighted by Gasteiger charge is 2.35. The lowest BCUT2D eigenvalue weighted by Crippen LogP contribution is -2.54. The predicted molar refractivity (Wildman–Crippen MR) is 136 cm³/mol. The minimum Gasteiger partial charge on any atom is -0.426 e. The Balaban J connectivity index is 1.57. The summed E-state index contributed by atoms with van der Waals surface area (Å²) in [6.45, 7) is 1.88. The van der Waals surface area contributed by atoms with Crippen molar-refractivity contribution in [2.75, 3.05) is 0 Å². The zero-order valence-corrected chi connectivity index (χ0v) is 20.9. The Morgan fingerprint density at radius 3 is 2.54 bits per heavy atom. The summed E-state index contributed by atoms with van der Waals surface area (Å²) in [4.78, 5) is 17.6. The van der Waals surface area contributed by atoms with Crippen molar-refractivity contribution in [1.29, 1.82) is 0 Å². The average molecular weight is 513 g/mol. The Morgan fingerprint density at radius 2 is 1.91 bits per heavy atom. The van der Waals surface area contributed by atoms with Crippen molar-refractivity contribution < 1.29 is 23.3 Å². The molecule has 184 valence electrons. The highest BCUT2D eigenvalue weighted by atomic mass is 32.2. The Hall–Kier alpha value is -2.57. The molecular weight excluding hydrogens is 485 g/mol. The monoisotopic (exact) mass is 513 g/mol. The molecule has 3 aromatic rings. The maximum Gasteiger partial charge on any atom is 0.475 e. The molecule has 1 amide bonds. The van der Waals surface area contributed by atoms with Gasteiger partial charge >= 0.3 is 7.12 Å². The number of nitrogens with zero attached hydrogens (tertiary/aromatic N) is 1. The van der Waals surface area contributed by atoms with Crippen LogP contribution in [-0.4, -0.2) is 48.5 Å². The summed E-state index contributed by atoms with van der Waals surface area (Å²) in [5.74, 6) is -1.14. The van der Waals surface area contributed by atoms with Gasteiger partial charge in [-0.25, -0.2) is 13.4 Å². The number of carbonyl (C=O) groups is 1. The molecule has 0 saturated heterocycles. The molecule has 0 spiro atoms. The third-order valence-electron chi connectivity index (χ3n) is 5.93. The lowest BCUT2D eigenvalue weighted by molar-refractivity contribution is -0.123. The second-order valence-corrected chi connectivity index (χ2v) is 11.6. The predicted octanol–water partition coefficient (Wildman–Crippen LogP) is 2.31. The summed E-state index contributed by atoms with van der Waals surface area (Å²) in [7, 11) is -5.81. The van der Waals surface area contributed by atoms with E-state index < -0.39 is 35.0 Å². The van der Waals surface area contributed by atoms with E-state index in [0.717, 1.165) is 23.4 Å². The van der Waals surface area contributed by atoms with E-state index >= 15 is 0 Å².